The number of pyridine rings is 1. The largest absolute Gasteiger partial charge is 0.401 e. The average molecular weight is 344 g/mol. The maximum Gasteiger partial charge on any atom is 0.401 e. The molecule has 1 saturated heterocycles. The molecule has 23 heavy (non-hydrogen) atoms. The lowest BCUT2D eigenvalue weighted by Crippen LogP contribution is -2.54. The number of anilines is 1. The van der Waals surface area contributed by atoms with E-state index in [0.717, 1.165) is 10.8 Å². The zero-order valence-corrected chi connectivity index (χ0v) is 13.4. The van der Waals surface area contributed by atoms with Crippen LogP contribution in [0.1, 0.15) is 6.92 Å². The van der Waals surface area contributed by atoms with E-state index >= 15 is 0 Å². The summed E-state index contributed by atoms with van der Waals surface area (Å²) in [4.78, 5) is 7.86. The fraction of sp³-hybridized carbons (Fsp3) is 0.438. The summed E-state index contributed by atoms with van der Waals surface area (Å²) in [7, 11) is 0. The Kier molecular flexibility index (Phi) is 4.38. The Morgan fingerprint density at radius 1 is 1.26 bits per heavy atom. The molecule has 0 aliphatic carbocycles. The summed E-state index contributed by atoms with van der Waals surface area (Å²) in [5, 5.41) is 2.28. The van der Waals surface area contributed by atoms with Crippen molar-refractivity contribution < 1.29 is 13.2 Å². The summed E-state index contributed by atoms with van der Waals surface area (Å²) < 4.78 is 37.7. The molecule has 7 heteroatoms. The molecule has 2 heterocycles. The first-order valence-corrected chi connectivity index (χ1v) is 7.82. The normalized spacial score (nSPS) is 20.2. The molecule has 124 valence electrons. The van der Waals surface area contributed by atoms with E-state index < -0.39 is 12.7 Å². The fourth-order valence-electron chi connectivity index (χ4n) is 2.97. The van der Waals surface area contributed by atoms with Gasteiger partial charge in [0.2, 0.25) is 0 Å². The standard InChI is InChI=1S/C16H17ClF3N3/c1-11-9-22(6-7-23(11)10-16(18,19)20)14-8-12-4-2-3-5-13(12)15(17)21-14/h2-5,8,11H,6-7,9-10H2,1H3. The van der Waals surface area contributed by atoms with E-state index in [-0.39, 0.29) is 6.04 Å². The minimum atomic E-state index is -4.17. The van der Waals surface area contributed by atoms with E-state index in [4.69, 9.17) is 11.6 Å². The first-order chi connectivity index (χ1) is 10.8. The number of piperazine rings is 1. The van der Waals surface area contributed by atoms with E-state index in [1.807, 2.05) is 35.2 Å². The van der Waals surface area contributed by atoms with Crippen LogP contribution in [0.3, 0.4) is 0 Å². The van der Waals surface area contributed by atoms with Gasteiger partial charge in [-0.2, -0.15) is 13.2 Å². The number of benzene rings is 1. The molecule has 1 aliphatic heterocycles. The highest BCUT2D eigenvalue weighted by atomic mass is 35.5. The zero-order valence-electron chi connectivity index (χ0n) is 12.6. The highest BCUT2D eigenvalue weighted by Crippen LogP contribution is 2.28. The van der Waals surface area contributed by atoms with E-state index in [1.54, 1.807) is 6.92 Å². The van der Waals surface area contributed by atoms with E-state index in [2.05, 4.69) is 4.98 Å². The van der Waals surface area contributed by atoms with Crippen molar-refractivity contribution in [1.82, 2.24) is 9.88 Å². The number of hydrogen-bond acceptors (Lipinski definition) is 3. The van der Waals surface area contributed by atoms with E-state index in [0.29, 0.717) is 30.6 Å². The molecule has 2 aromatic rings. The number of aromatic nitrogens is 1. The Hall–Kier alpha value is -1.53. The van der Waals surface area contributed by atoms with Gasteiger partial charge in [-0.1, -0.05) is 35.9 Å². The van der Waals surface area contributed by atoms with E-state index in [9.17, 15) is 13.2 Å². The summed E-state index contributed by atoms with van der Waals surface area (Å²) in [6, 6.07) is 9.42. The van der Waals surface area contributed by atoms with Crippen LogP contribution >= 0.6 is 11.6 Å². The van der Waals surface area contributed by atoms with Gasteiger partial charge in [0.25, 0.3) is 0 Å². The minimum absolute atomic E-state index is 0.197. The van der Waals surface area contributed by atoms with Crippen LogP contribution in [-0.4, -0.2) is 48.3 Å². The molecular formula is C16H17ClF3N3. The Labute approximate surface area is 137 Å². The lowest BCUT2D eigenvalue weighted by atomic mass is 10.1. The zero-order chi connectivity index (χ0) is 16.6. The lowest BCUT2D eigenvalue weighted by molar-refractivity contribution is -0.150. The lowest BCUT2D eigenvalue weighted by Gasteiger charge is -2.40. The third-order valence-corrected chi connectivity index (χ3v) is 4.44. The predicted octanol–water partition coefficient (Wildman–Crippen LogP) is 3.96. The summed E-state index contributed by atoms with van der Waals surface area (Å²) in [6.45, 7) is 2.29. The second-order valence-electron chi connectivity index (χ2n) is 5.87. The third-order valence-electron chi connectivity index (χ3n) is 4.15. The highest BCUT2D eigenvalue weighted by molar-refractivity contribution is 6.34. The first kappa shape index (κ1) is 16.3. The SMILES string of the molecule is CC1CN(c2cc3ccccc3c(Cl)n2)CCN1CC(F)(F)F. The number of alkyl halides is 3. The first-order valence-electron chi connectivity index (χ1n) is 7.44. The van der Waals surface area contributed by atoms with Crippen LogP contribution in [0, 0.1) is 0 Å². The smallest absolute Gasteiger partial charge is 0.354 e. The molecule has 0 bridgehead atoms. The van der Waals surface area contributed by atoms with E-state index in [1.165, 1.54) is 4.90 Å². The molecule has 0 N–H and O–H groups in total. The van der Waals surface area contributed by atoms with Crippen LogP contribution in [0.25, 0.3) is 10.8 Å². The molecule has 0 radical (unpaired) electrons. The topological polar surface area (TPSA) is 19.4 Å². The van der Waals surface area contributed by atoms with Gasteiger partial charge in [0.05, 0.1) is 6.54 Å². The van der Waals surface area contributed by atoms with Gasteiger partial charge in [0.1, 0.15) is 11.0 Å². The number of halogens is 4. The van der Waals surface area contributed by atoms with Crippen molar-refractivity contribution >= 4 is 28.2 Å². The molecule has 1 aromatic carbocycles. The number of hydrogen-bond donors (Lipinski definition) is 0. The van der Waals surface area contributed by atoms with Gasteiger partial charge >= 0.3 is 6.18 Å². The molecule has 1 unspecified atom stereocenters. The summed E-state index contributed by atoms with van der Waals surface area (Å²) in [5.74, 6) is 0.715. The van der Waals surface area contributed by atoms with Crippen molar-refractivity contribution in [3.8, 4) is 0 Å². The van der Waals surface area contributed by atoms with Crippen molar-refractivity contribution in [2.75, 3.05) is 31.1 Å². The minimum Gasteiger partial charge on any atom is -0.354 e. The molecular weight excluding hydrogens is 327 g/mol. The second-order valence-corrected chi connectivity index (χ2v) is 6.23. The van der Waals surface area contributed by atoms with Crippen molar-refractivity contribution in [2.45, 2.75) is 19.1 Å². The third kappa shape index (κ3) is 3.70. The maximum atomic E-state index is 12.6. The fourth-order valence-corrected chi connectivity index (χ4v) is 3.23. The molecule has 1 fully saturated rings. The summed E-state index contributed by atoms with van der Waals surface area (Å²) in [6.07, 6.45) is -4.17. The molecule has 0 amide bonds. The number of nitrogens with zero attached hydrogens (tertiary/aromatic N) is 3. The van der Waals surface area contributed by atoms with Gasteiger partial charge in [-0.3, -0.25) is 4.90 Å². The van der Waals surface area contributed by atoms with Crippen LogP contribution in [0.2, 0.25) is 5.15 Å². The number of rotatable bonds is 2. The van der Waals surface area contributed by atoms with Crippen molar-refractivity contribution in [2.24, 2.45) is 0 Å². The molecule has 1 aromatic heterocycles. The highest BCUT2D eigenvalue weighted by Gasteiger charge is 2.35. The van der Waals surface area contributed by atoms with Gasteiger partial charge < -0.3 is 4.90 Å². The van der Waals surface area contributed by atoms with Gasteiger partial charge in [0, 0.05) is 31.1 Å². The van der Waals surface area contributed by atoms with Crippen molar-refractivity contribution in [1.29, 1.82) is 0 Å². The predicted molar refractivity (Wildman–Crippen MR) is 86.1 cm³/mol. The molecule has 0 saturated carbocycles. The Balaban J connectivity index is 1.79. The summed E-state index contributed by atoms with van der Waals surface area (Å²) in [5.41, 5.74) is 0. The van der Waals surface area contributed by atoms with Crippen LogP contribution in [0.4, 0.5) is 19.0 Å². The molecule has 3 rings (SSSR count). The molecule has 3 nitrogen and oxygen atoms in total. The Morgan fingerprint density at radius 3 is 2.70 bits per heavy atom. The second kappa shape index (κ2) is 6.17. The molecule has 1 aliphatic rings. The number of fused-ring (bicyclic) bond motifs is 1. The van der Waals surface area contributed by atoms with Gasteiger partial charge in [-0.15, -0.1) is 0 Å². The van der Waals surface area contributed by atoms with Gasteiger partial charge in [-0.25, -0.2) is 4.98 Å². The van der Waals surface area contributed by atoms with Gasteiger partial charge in [-0.05, 0) is 18.4 Å². The Morgan fingerprint density at radius 2 is 2.00 bits per heavy atom. The van der Waals surface area contributed by atoms with Crippen LogP contribution < -0.4 is 4.90 Å². The monoisotopic (exact) mass is 343 g/mol. The molecule has 1 atom stereocenters. The van der Waals surface area contributed by atoms with Gasteiger partial charge in [0.15, 0.2) is 0 Å². The Bertz CT molecular complexity index is 705. The summed E-state index contributed by atoms with van der Waals surface area (Å²) >= 11 is 6.24. The van der Waals surface area contributed by atoms with Crippen LogP contribution in [0.5, 0.6) is 0 Å². The van der Waals surface area contributed by atoms with Crippen LogP contribution in [-0.2, 0) is 0 Å². The maximum absolute atomic E-state index is 12.6. The van der Waals surface area contributed by atoms with Crippen molar-refractivity contribution in [3.63, 3.8) is 0 Å². The van der Waals surface area contributed by atoms with Crippen molar-refractivity contribution in [3.05, 3.63) is 35.5 Å². The molecule has 0 spiro atoms. The van der Waals surface area contributed by atoms with Crippen LogP contribution in [0.15, 0.2) is 30.3 Å². The average Bonchev–Trinajstić information content (AvgIpc) is 2.48. The quantitative estimate of drug-likeness (QED) is 0.769.